The first-order valence-electron chi connectivity index (χ1n) is 4.76. The van der Waals surface area contributed by atoms with Crippen molar-refractivity contribution in [1.29, 1.82) is 0 Å². The molecule has 0 amide bonds. The zero-order chi connectivity index (χ0) is 11.5. The van der Waals surface area contributed by atoms with Gasteiger partial charge in [-0.2, -0.15) is 0 Å². The average Bonchev–Trinajstić information content (AvgIpc) is 2.33. The SMILES string of the molecule is Cc1c(Cl)cccc1C(=O)c1cnccn1. The van der Waals surface area contributed by atoms with E-state index in [-0.39, 0.29) is 5.78 Å². The summed E-state index contributed by atoms with van der Waals surface area (Å²) in [5.41, 5.74) is 1.65. The number of benzene rings is 1. The Morgan fingerprint density at radius 2 is 2.12 bits per heavy atom. The zero-order valence-electron chi connectivity index (χ0n) is 8.64. The zero-order valence-corrected chi connectivity index (χ0v) is 9.40. The molecular formula is C12H9ClN2O. The molecule has 0 radical (unpaired) electrons. The van der Waals surface area contributed by atoms with Crippen LogP contribution in [-0.2, 0) is 0 Å². The van der Waals surface area contributed by atoms with Gasteiger partial charge in [-0.3, -0.25) is 9.78 Å². The number of carbonyl (C=O) groups is 1. The van der Waals surface area contributed by atoms with E-state index in [9.17, 15) is 4.79 Å². The second kappa shape index (κ2) is 4.41. The third-order valence-corrected chi connectivity index (χ3v) is 2.72. The van der Waals surface area contributed by atoms with Crippen LogP contribution < -0.4 is 0 Å². The van der Waals surface area contributed by atoms with Crippen molar-refractivity contribution < 1.29 is 4.79 Å². The number of halogens is 1. The van der Waals surface area contributed by atoms with Gasteiger partial charge in [-0.25, -0.2) is 4.98 Å². The Morgan fingerprint density at radius 3 is 2.81 bits per heavy atom. The van der Waals surface area contributed by atoms with Crippen LogP contribution in [0.15, 0.2) is 36.8 Å². The molecule has 1 aromatic carbocycles. The minimum Gasteiger partial charge on any atom is -0.287 e. The van der Waals surface area contributed by atoms with Gasteiger partial charge >= 0.3 is 0 Å². The van der Waals surface area contributed by atoms with Gasteiger partial charge in [0.2, 0.25) is 5.78 Å². The first kappa shape index (κ1) is 10.8. The number of rotatable bonds is 2. The van der Waals surface area contributed by atoms with Gasteiger partial charge < -0.3 is 0 Å². The van der Waals surface area contributed by atoms with E-state index < -0.39 is 0 Å². The Morgan fingerprint density at radius 1 is 1.31 bits per heavy atom. The molecule has 0 N–H and O–H groups in total. The van der Waals surface area contributed by atoms with Crippen molar-refractivity contribution in [1.82, 2.24) is 9.97 Å². The molecule has 0 aliphatic carbocycles. The number of carbonyl (C=O) groups excluding carboxylic acids is 1. The highest BCUT2D eigenvalue weighted by Crippen LogP contribution is 2.20. The Labute approximate surface area is 98.1 Å². The Kier molecular flexibility index (Phi) is 2.97. The van der Waals surface area contributed by atoms with Gasteiger partial charge in [0, 0.05) is 23.0 Å². The maximum atomic E-state index is 12.1. The van der Waals surface area contributed by atoms with Crippen LogP contribution in [0, 0.1) is 6.92 Å². The lowest BCUT2D eigenvalue weighted by atomic mass is 10.0. The highest BCUT2D eigenvalue weighted by Gasteiger charge is 2.14. The summed E-state index contributed by atoms with van der Waals surface area (Å²) in [4.78, 5) is 19.9. The molecule has 2 aromatic rings. The summed E-state index contributed by atoms with van der Waals surface area (Å²) >= 11 is 5.96. The predicted octanol–water partition coefficient (Wildman–Crippen LogP) is 2.67. The summed E-state index contributed by atoms with van der Waals surface area (Å²) in [6.45, 7) is 1.81. The van der Waals surface area contributed by atoms with E-state index in [2.05, 4.69) is 9.97 Å². The smallest absolute Gasteiger partial charge is 0.213 e. The number of ketones is 1. The van der Waals surface area contributed by atoms with E-state index in [1.54, 1.807) is 18.2 Å². The van der Waals surface area contributed by atoms with Gasteiger partial charge in [0.25, 0.3) is 0 Å². The van der Waals surface area contributed by atoms with E-state index in [0.29, 0.717) is 16.3 Å². The van der Waals surface area contributed by atoms with Crippen LogP contribution >= 0.6 is 11.6 Å². The van der Waals surface area contributed by atoms with Crippen molar-refractivity contribution in [2.45, 2.75) is 6.92 Å². The molecule has 0 aliphatic rings. The summed E-state index contributed by atoms with van der Waals surface area (Å²) in [5, 5.41) is 0.578. The molecule has 0 saturated heterocycles. The first-order chi connectivity index (χ1) is 7.70. The molecule has 0 fully saturated rings. The van der Waals surface area contributed by atoms with Gasteiger partial charge in [0.15, 0.2) is 0 Å². The Hall–Kier alpha value is -1.74. The van der Waals surface area contributed by atoms with Crippen LogP contribution in [0.4, 0.5) is 0 Å². The number of aromatic nitrogens is 2. The number of nitrogens with zero attached hydrogens (tertiary/aromatic N) is 2. The molecule has 4 heteroatoms. The fraction of sp³-hybridized carbons (Fsp3) is 0.0833. The lowest BCUT2D eigenvalue weighted by Crippen LogP contribution is -2.06. The molecule has 0 saturated carbocycles. The second-order valence-electron chi connectivity index (χ2n) is 3.33. The van der Waals surface area contributed by atoms with Crippen molar-refractivity contribution in [2.24, 2.45) is 0 Å². The van der Waals surface area contributed by atoms with Crippen LogP contribution in [0.2, 0.25) is 5.02 Å². The molecule has 16 heavy (non-hydrogen) atoms. The minimum atomic E-state index is -0.159. The first-order valence-corrected chi connectivity index (χ1v) is 5.14. The molecule has 0 unspecified atom stereocenters. The highest BCUT2D eigenvalue weighted by molar-refractivity contribution is 6.32. The van der Waals surface area contributed by atoms with Crippen molar-refractivity contribution in [3.63, 3.8) is 0 Å². The fourth-order valence-corrected chi connectivity index (χ4v) is 1.58. The summed E-state index contributed by atoms with van der Waals surface area (Å²) in [7, 11) is 0. The molecule has 2 rings (SSSR count). The normalized spacial score (nSPS) is 10.1. The molecule has 1 heterocycles. The quantitative estimate of drug-likeness (QED) is 0.748. The average molecular weight is 233 g/mol. The number of hydrogen-bond acceptors (Lipinski definition) is 3. The Bertz CT molecular complexity index is 526. The van der Waals surface area contributed by atoms with E-state index in [1.165, 1.54) is 18.6 Å². The van der Waals surface area contributed by atoms with E-state index in [1.807, 2.05) is 6.92 Å². The molecule has 3 nitrogen and oxygen atoms in total. The molecular weight excluding hydrogens is 224 g/mol. The highest BCUT2D eigenvalue weighted by atomic mass is 35.5. The molecule has 0 aliphatic heterocycles. The third kappa shape index (κ3) is 1.95. The summed E-state index contributed by atoms with van der Waals surface area (Å²) in [6, 6.07) is 5.24. The third-order valence-electron chi connectivity index (χ3n) is 2.31. The van der Waals surface area contributed by atoms with E-state index in [0.717, 1.165) is 5.56 Å². The van der Waals surface area contributed by atoms with Gasteiger partial charge in [-0.1, -0.05) is 23.7 Å². The van der Waals surface area contributed by atoms with Crippen molar-refractivity contribution in [3.05, 3.63) is 58.6 Å². The van der Waals surface area contributed by atoms with Crippen LogP contribution in [0.1, 0.15) is 21.6 Å². The second-order valence-corrected chi connectivity index (χ2v) is 3.74. The van der Waals surface area contributed by atoms with Crippen molar-refractivity contribution in [2.75, 3.05) is 0 Å². The Balaban J connectivity index is 2.46. The maximum absolute atomic E-state index is 12.1. The van der Waals surface area contributed by atoms with Crippen LogP contribution in [0.5, 0.6) is 0 Å². The van der Waals surface area contributed by atoms with Gasteiger partial charge in [-0.05, 0) is 18.6 Å². The molecule has 0 spiro atoms. The maximum Gasteiger partial charge on any atom is 0.213 e. The molecule has 1 aromatic heterocycles. The van der Waals surface area contributed by atoms with Crippen LogP contribution in [0.3, 0.4) is 0 Å². The van der Waals surface area contributed by atoms with Gasteiger partial charge in [0.05, 0.1) is 6.20 Å². The monoisotopic (exact) mass is 232 g/mol. The largest absolute Gasteiger partial charge is 0.287 e. The molecule has 0 atom stereocenters. The van der Waals surface area contributed by atoms with E-state index in [4.69, 9.17) is 11.6 Å². The van der Waals surface area contributed by atoms with Crippen LogP contribution in [0.25, 0.3) is 0 Å². The van der Waals surface area contributed by atoms with Gasteiger partial charge in [0.1, 0.15) is 5.69 Å². The summed E-state index contributed by atoms with van der Waals surface area (Å²) in [5.74, 6) is -0.159. The van der Waals surface area contributed by atoms with E-state index >= 15 is 0 Å². The summed E-state index contributed by atoms with van der Waals surface area (Å²) < 4.78 is 0. The molecule has 80 valence electrons. The lowest BCUT2D eigenvalue weighted by Gasteiger charge is -2.05. The minimum absolute atomic E-state index is 0.159. The van der Waals surface area contributed by atoms with Crippen molar-refractivity contribution in [3.8, 4) is 0 Å². The predicted molar refractivity (Wildman–Crippen MR) is 61.7 cm³/mol. The number of hydrogen-bond donors (Lipinski definition) is 0. The topological polar surface area (TPSA) is 42.9 Å². The van der Waals surface area contributed by atoms with Crippen LogP contribution in [-0.4, -0.2) is 15.8 Å². The fourth-order valence-electron chi connectivity index (χ4n) is 1.41. The summed E-state index contributed by atoms with van der Waals surface area (Å²) in [6.07, 6.45) is 4.47. The lowest BCUT2D eigenvalue weighted by molar-refractivity contribution is 0.103. The molecule has 0 bridgehead atoms. The van der Waals surface area contributed by atoms with Gasteiger partial charge in [-0.15, -0.1) is 0 Å². The van der Waals surface area contributed by atoms with Crippen molar-refractivity contribution >= 4 is 17.4 Å². The standard InChI is InChI=1S/C12H9ClN2O/c1-8-9(3-2-4-10(8)13)12(16)11-7-14-5-6-15-11/h2-7H,1H3.